The van der Waals surface area contributed by atoms with Gasteiger partial charge in [0, 0.05) is 19.8 Å². The minimum atomic E-state index is 0.309. The molecule has 0 rings (SSSR count). The minimum absolute atomic E-state index is 0.309. The van der Waals surface area contributed by atoms with Crippen molar-refractivity contribution in [2.75, 3.05) is 26.9 Å². The Kier molecular flexibility index (Phi) is 10.9. The van der Waals surface area contributed by atoms with E-state index in [0.29, 0.717) is 19.3 Å². The fraction of sp³-hybridized carbons (Fsp3) is 1.00. The molecular formula is C11H25NO2. The summed E-state index contributed by atoms with van der Waals surface area (Å²) in [7, 11) is 1.68. The van der Waals surface area contributed by atoms with Crippen LogP contribution in [0.3, 0.4) is 0 Å². The molecule has 0 aliphatic rings. The average Bonchev–Trinajstić information content (AvgIpc) is 2.18. The van der Waals surface area contributed by atoms with E-state index in [4.69, 9.17) is 15.2 Å². The monoisotopic (exact) mass is 203 g/mol. The Balaban J connectivity index is 3.06. The van der Waals surface area contributed by atoms with Crippen LogP contribution in [0.4, 0.5) is 0 Å². The third kappa shape index (κ3) is 9.96. The van der Waals surface area contributed by atoms with Gasteiger partial charge in [-0.3, -0.25) is 0 Å². The van der Waals surface area contributed by atoms with E-state index in [0.717, 1.165) is 19.4 Å². The fourth-order valence-corrected chi connectivity index (χ4v) is 1.28. The third-order valence-corrected chi connectivity index (χ3v) is 2.24. The number of ether oxygens (including phenoxy) is 2. The highest BCUT2D eigenvalue weighted by molar-refractivity contribution is 4.60. The van der Waals surface area contributed by atoms with Gasteiger partial charge in [-0.05, 0) is 12.8 Å². The number of nitrogens with two attached hydrogens (primary N) is 1. The topological polar surface area (TPSA) is 44.5 Å². The molecule has 0 radical (unpaired) electrons. The van der Waals surface area contributed by atoms with Crippen LogP contribution in [0.2, 0.25) is 0 Å². The number of hydrogen-bond donors (Lipinski definition) is 1. The molecule has 1 atom stereocenters. The van der Waals surface area contributed by atoms with Crippen molar-refractivity contribution in [3.8, 4) is 0 Å². The molecule has 86 valence electrons. The highest BCUT2D eigenvalue weighted by atomic mass is 16.5. The first-order valence-corrected chi connectivity index (χ1v) is 5.63. The first kappa shape index (κ1) is 13.9. The van der Waals surface area contributed by atoms with Crippen molar-refractivity contribution < 1.29 is 9.47 Å². The van der Waals surface area contributed by atoms with Crippen LogP contribution in [0.5, 0.6) is 0 Å². The Morgan fingerprint density at radius 1 is 1.07 bits per heavy atom. The van der Waals surface area contributed by atoms with Gasteiger partial charge in [-0.2, -0.15) is 0 Å². The van der Waals surface area contributed by atoms with Gasteiger partial charge in [0.05, 0.1) is 13.2 Å². The molecule has 0 saturated carbocycles. The molecule has 1 unspecified atom stereocenters. The summed E-state index contributed by atoms with van der Waals surface area (Å²) >= 11 is 0. The van der Waals surface area contributed by atoms with Gasteiger partial charge in [-0.15, -0.1) is 0 Å². The first-order chi connectivity index (χ1) is 6.81. The standard InChI is InChI=1S/C11H25NO2/c1-3-4-5-6-11(12)7-8-14-10-9-13-2/h11H,3-10,12H2,1-2H3. The zero-order valence-electron chi connectivity index (χ0n) is 9.63. The summed E-state index contributed by atoms with van der Waals surface area (Å²) < 4.78 is 10.2. The van der Waals surface area contributed by atoms with Crippen molar-refractivity contribution in [1.29, 1.82) is 0 Å². The number of unbranched alkanes of at least 4 members (excludes halogenated alkanes) is 2. The maximum absolute atomic E-state index is 5.92. The number of rotatable bonds is 10. The van der Waals surface area contributed by atoms with Gasteiger partial charge in [0.1, 0.15) is 0 Å². The lowest BCUT2D eigenvalue weighted by Crippen LogP contribution is -2.22. The predicted molar refractivity (Wildman–Crippen MR) is 59.4 cm³/mol. The molecule has 3 nitrogen and oxygen atoms in total. The molecule has 2 N–H and O–H groups in total. The van der Waals surface area contributed by atoms with Gasteiger partial charge in [-0.1, -0.05) is 26.2 Å². The molecule has 3 heteroatoms. The van der Waals surface area contributed by atoms with E-state index >= 15 is 0 Å². The summed E-state index contributed by atoms with van der Waals surface area (Å²) in [6.45, 7) is 4.32. The van der Waals surface area contributed by atoms with Crippen LogP contribution in [0.25, 0.3) is 0 Å². The van der Waals surface area contributed by atoms with Crippen molar-refractivity contribution in [3.63, 3.8) is 0 Å². The second kappa shape index (κ2) is 11.0. The van der Waals surface area contributed by atoms with E-state index < -0.39 is 0 Å². The third-order valence-electron chi connectivity index (χ3n) is 2.24. The zero-order chi connectivity index (χ0) is 10.6. The van der Waals surface area contributed by atoms with Crippen molar-refractivity contribution in [2.45, 2.75) is 45.1 Å². The molecule has 0 spiro atoms. The van der Waals surface area contributed by atoms with Crippen LogP contribution < -0.4 is 5.73 Å². The second-order valence-electron chi connectivity index (χ2n) is 3.65. The Morgan fingerprint density at radius 2 is 1.86 bits per heavy atom. The average molecular weight is 203 g/mol. The molecule has 0 aliphatic heterocycles. The van der Waals surface area contributed by atoms with Gasteiger partial charge in [0.15, 0.2) is 0 Å². The van der Waals surface area contributed by atoms with Gasteiger partial charge in [0.25, 0.3) is 0 Å². The molecule has 0 fully saturated rings. The van der Waals surface area contributed by atoms with E-state index in [1.165, 1.54) is 19.3 Å². The lowest BCUT2D eigenvalue weighted by Gasteiger charge is -2.11. The fourth-order valence-electron chi connectivity index (χ4n) is 1.28. The lowest BCUT2D eigenvalue weighted by atomic mass is 10.1. The molecule has 0 aromatic rings. The molecule has 0 aliphatic carbocycles. The largest absolute Gasteiger partial charge is 0.382 e. The predicted octanol–water partition coefficient (Wildman–Crippen LogP) is 1.95. The van der Waals surface area contributed by atoms with Crippen molar-refractivity contribution in [1.82, 2.24) is 0 Å². The summed E-state index contributed by atoms with van der Waals surface area (Å²) in [6.07, 6.45) is 5.89. The van der Waals surface area contributed by atoms with Crippen molar-refractivity contribution in [2.24, 2.45) is 5.73 Å². The van der Waals surface area contributed by atoms with Crippen LogP contribution in [-0.2, 0) is 9.47 Å². The Labute approximate surface area is 88.0 Å². The Bertz CT molecular complexity index is 109. The second-order valence-corrected chi connectivity index (χ2v) is 3.65. The van der Waals surface area contributed by atoms with Crippen LogP contribution in [0.1, 0.15) is 39.0 Å². The van der Waals surface area contributed by atoms with E-state index in [-0.39, 0.29) is 0 Å². The first-order valence-electron chi connectivity index (χ1n) is 5.63. The SMILES string of the molecule is CCCCCC(N)CCOCCOC. The minimum Gasteiger partial charge on any atom is -0.382 e. The van der Waals surface area contributed by atoms with Crippen LogP contribution >= 0.6 is 0 Å². The van der Waals surface area contributed by atoms with E-state index in [1.54, 1.807) is 7.11 Å². The molecular weight excluding hydrogens is 178 g/mol. The lowest BCUT2D eigenvalue weighted by molar-refractivity contribution is 0.0668. The van der Waals surface area contributed by atoms with E-state index in [2.05, 4.69) is 6.92 Å². The van der Waals surface area contributed by atoms with E-state index in [9.17, 15) is 0 Å². The van der Waals surface area contributed by atoms with Crippen LogP contribution in [-0.4, -0.2) is 33.0 Å². The summed E-state index contributed by atoms with van der Waals surface area (Å²) in [6, 6.07) is 0.309. The van der Waals surface area contributed by atoms with Gasteiger partial charge in [0.2, 0.25) is 0 Å². The summed E-state index contributed by atoms with van der Waals surface area (Å²) in [5.74, 6) is 0. The quantitative estimate of drug-likeness (QED) is 0.552. The highest BCUT2D eigenvalue weighted by Crippen LogP contribution is 2.04. The molecule has 14 heavy (non-hydrogen) atoms. The molecule has 0 heterocycles. The Morgan fingerprint density at radius 3 is 2.50 bits per heavy atom. The molecule has 0 amide bonds. The van der Waals surface area contributed by atoms with Gasteiger partial charge < -0.3 is 15.2 Å². The maximum Gasteiger partial charge on any atom is 0.0700 e. The van der Waals surface area contributed by atoms with Gasteiger partial charge in [-0.25, -0.2) is 0 Å². The molecule has 0 bridgehead atoms. The smallest absolute Gasteiger partial charge is 0.0700 e. The van der Waals surface area contributed by atoms with Crippen molar-refractivity contribution >= 4 is 0 Å². The van der Waals surface area contributed by atoms with Crippen LogP contribution in [0, 0.1) is 0 Å². The number of hydrogen-bond acceptors (Lipinski definition) is 3. The zero-order valence-corrected chi connectivity index (χ0v) is 9.63. The maximum atomic E-state index is 5.92. The highest BCUT2D eigenvalue weighted by Gasteiger charge is 2.01. The number of methoxy groups -OCH3 is 1. The normalized spacial score (nSPS) is 13.1. The molecule has 0 aromatic carbocycles. The Hall–Kier alpha value is -0.120. The molecule has 0 aromatic heterocycles. The summed E-state index contributed by atoms with van der Waals surface area (Å²) in [4.78, 5) is 0. The van der Waals surface area contributed by atoms with Crippen LogP contribution in [0.15, 0.2) is 0 Å². The molecule has 0 saturated heterocycles. The summed E-state index contributed by atoms with van der Waals surface area (Å²) in [5, 5.41) is 0. The van der Waals surface area contributed by atoms with E-state index in [1.807, 2.05) is 0 Å². The summed E-state index contributed by atoms with van der Waals surface area (Å²) in [5.41, 5.74) is 5.92. The van der Waals surface area contributed by atoms with Gasteiger partial charge >= 0.3 is 0 Å². The van der Waals surface area contributed by atoms with Crippen molar-refractivity contribution in [3.05, 3.63) is 0 Å².